The Morgan fingerprint density at radius 2 is 1.89 bits per heavy atom. The summed E-state index contributed by atoms with van der Waals surface area (Å²) >= 11 is 0. The highest BCUT2D eigenvalue weighted by molar-refractivity contribution is 5.18. The molecule has 0 radical (unpaired) electrons. The Balaban J connectivity index is 1.74. The van der Waals surface area contributed by atoms with Gasteiger partial charge in [0, 0.05) is 19.0 Å². The van der Waals surface area contributed by atoms with Crippen LogP contribution in [0.25, 0.3) is 0 Å². The molecule has 0 bridgehead atoms. The predicted octanol–water partition coefficient (Wildman–Crippen LogP) is 2.79. The van der Waals surface area contributed by atoms with Gasteiger partial charge in [-0.3, -0.25) is 0 Å². The van der Waals surface area contributed by atoms with Crippen LogP contribution in [0, 0.1) is 28.4 Å². The number of nitrogens with one attached hydrogen (secondary N) is 1. The van der Waals surface area contributed by atoms with E-state index in [0.717, 1.165) is 25.5 Å². The molecular weight excluding hydrogens is 234 g/mol. The second kappa shape index (κ2) is 5.45. The van der Waals surface area contributed by atoms with E-state index < -0.39 is 11.6 Å². The monoisotopic (exact) mass is 250 g/mol. The van der Waals surface area contributed by atoms with Crippen molar-refractivity contribution in [3.63, 3.8) is 0 Å². The number of nitriles is 1. The van der Waals surface area contributed by atoms with Gasteiger partial charge >= 0.3 is 0 Å². The van der Waals surface area contributed by atoms with Gasteiger partial charge in [0.15, 0.2) is 0 Å². The predicted molar refractivity (Wildman–Crippen MR) is 64.8 cm³/mol. The van der Waals surface area contributed by atoms with E-state index in [1.54, 1.807) is 0 Å². The summed E-state index contributed by atoms with van der Waals surface area (Å²) in [6, 6.07) is 5.79. The molecule has 1 aliphatic rings. The number of hydrogen-bond acceptors (Lipinski definition) is 2. The van der Waals surface area contributed by atoms with Crippen molar-refractivity contribution >= 4 is 0 Å². The first-order valence-electron chi connectivity index (χ1n) is 6.16. The van der Waals surface area contributed by atoms with Gasteiger partial charge in [0.05, 0.1) is 6.07 Å². The lowest BCUT2D eigenvalue weighted by atomic mass is 10.0. The molecule has 1 saturated carbocycles. The molecule has 2 rings (SSSR count). The lowest BCUT2D eigenvalue weighted by Crippen LogP contribution is -2.25. The van der Waals surface area contributed by atoms with Crippen molar-refractivity contribution in [3.8, 4) is 6.07 Å². The van der Waals surface area contributed by atoms with E-state index >= 15 is 0 Å². The molecule has 2 nitrogen and oxygen atoms in total. The van der Waals surface area contributed by atoms with Gasteiger partial charge in [0.2, 0.25) is 0 Å². The van der Waals surface area contributed by atoms with Crippen LogP contribution in [0.4, 0.5) is 8.78 Å². The van der Waals surface area contributed by atoms with Crippen LogP contribution < -0.4 is 5.32 Å². The summed E-state index contributed by atoms with van der Waals surface area (Å²) in [4.78, 5) is 0. The van der Waals surface area contributed by atoms with E-state index in [1.807, 2.05) is 0 Å². The molecule has 1 aromatic carbocycles. The van der Waals surface area contributed by atoms with Crippen LogP contribution in [-0.4, -0.2) is 13.1 Å². The second-order valence-electron chi connectivity index (χ2n) is 5.04. The number of benzene rings is 1. The van der Waals surface area contributed by atoms with Gasteiger partial charge in [-0.05, 0) is 48.9 Å². The Labute approximate surface area is 106 Å². The Morgan fingerprint density at radius 1 is 1.22 bits per heavy atom. The topological polar surface area (TPSA) is 35.8 Å². The fourth-order valence-electron chi connectivity index (χ4n) is 2.10. The van der Waals surface area contributed by atoms with Gasteiger partial charge in [-0.1, -0.05) is 0 Å². The fraction of sp³-hybridized carbons (Fsp3) is 0.500. The third kappa shape index (κ3) is 3.51. The zero-order valence-corrected chi connectivity index (χ0v) is 10.2. The average Bonchev–Trinajstić information content (AvgIpc) is 3.04. The normalized spacial score (nSPS) is 16.3. The van der Waals surface area contributed by atoms with Crippen LogP contribution in [0.3, 0.4) is 0 Å². The molecule has 4 heteroatoms. The molecule has 0 aliphatic heterocycles. The Kier molecular flexibility index (Phi) is 3.93. The summed E-state index contributed by atoms with van der Waals surface area (Å²) in [6.45, 7) is 1.49. The second-order valence-corrected chi connectivity index (χ2v) is 5.04. The van der Waals surface area contributed by atoms with E-state index in [2.05, 4.69) is 11.4 Å². The maximum atomic E-state index is 12.9. The average molecular weight is 250 g/mol. The lowest BCUT2D eigenvalue weighted by molar-refractivity contribution is 0.468. The molecule has 0 aromatic heterocycles. The molecule has 0 heterocycles. The van der Waals surface area contributed by atoms with Crippen molar-refractivity contribution < 1.29 is 8.78 Å². The molecule has 1 aromatic rings. The quantitative estimate of drug-likeness (QED) is 0.788. The molecule has 1 fully saturated rings. The van der Waals surface area contributed by atoms with Gasteiger partial charge in [-0.25, -0.2) is 8.78 Å². The van der Waals surface area contributed by atoms with Crippen molar-refractivity contribution in [1.29, 1.82) is 5.26 Å². The molecule has 0 spiro atoms. The summed E-state index contributed by atoms with van der Waals surface area (Å²) < 4.78 is 25.9. The smallest absolute Gasteiger partial charge is 0.126 e. The van der Waals surface area contributed by atoms with Crippen LogP contribution in [0.5, 0.6) is 0 Å². The first-order valence-corrected chi connectivity index (χ1v) is 6.16. The van der Waals surface area contributed by atoms with Gasteiger partial charge in [0.1, 0.15) is 11.6 Å². The van der Waals surface area contributed by atoms with Crippen molar-refractivity contribution in [3.05, 3.63) is 35.4 Å². The van der Waals surface area contributed by atoms with Crippen molar-refractivity contribution in [2.45, 2.75) is 25.7 Å². The minimum atomic E-state index is -0.534. The lowest BCUT2D eigenvalue weighted by Gasteiger charge is -2.12. The summed E-state index contributed by atoms with van der Waals surface area (Å²) in [5, 5.41) is 11.9. The highest BCUT2D eigenvalue weighted by atomic mass is 19.1. The molecule has 96 valence electrons. The standard InChI is InChI=1S/C14H16F2N2/c15-12-7-11(8-13(16)9-12)1-6-18-10-14(2-3-14)4-5-17/h7-9,18H,1-4,6,10H2. The minimum absolute atomic E-state index is 0.169. The third-order valence-corrected chi connectivity index (χ3v) is 3.42. The van der Waals surface area contributed by atoms with E-state index in [1.165, 1.54) is 12.1 Å². The zero-order valence-electron chi connectivity index (χ0n) is 10.2. The van der Waals surface area contributed by atoms with Gasteiger partial charge in [-0.2, -0.15) is 5.26 Å². The van der Waals surface area contributed by atoms with Crippen LogP contribution in [-0.2, 0) is 6.42 Å². The maximum absolute atomic E-state index is 12.9. The van der Waals surface area contributed by atoms with Gasteiger partial charge in [0.25, 0.3) is 0 Å². The highest BCUT2D eigenvalue weighted by Crippen LogP contribution is 2.47. The number of halogens is 2. The summed E-state index contributed by atoms with van der Waals surface area (Å²) in [6.07, 6.45) is 3.39. The Hall–Kier alpha value is -1.47. The van der Waals surface area contributed by atoms with Crippen molar-refractivity contribution in [2.24, 2.45) is 5.41 Å². The largest absolute Gasteiger partial charge is 0.316 e. The molecular formula is C14H16F2N2. The molecule has 0 atom stereocenters. The number of nitrogens with zero attached hydrogens (tertiary/aromatic N) is 1. The molecule has 0 saturated heterocycles. The Morgan fingerprint density at radius 3 is 2.44 bits per heavy atom. The van der Waals surface area contributed by atoms with Crippen LogP contribution in [0.2, 0.25) is 0 Å². The molecule has 0 unspecified atom stereocenters. The van der Waals surface area contributed by atoms with Crippen LogP contribution >= 0.6 is 0 Å². The first-order chi connectivity index (χ1) is 8.63. The molecule has 1 N–H and O–H groups in total. The zero-order chi connectivity index (χ0) is 13.0. The van der Waals surface area contributed by atoms with Crippen LogP contribution in [0.1, 0.15) is 24.8 Å². The minimum Gasteiger partial charge on any atom is -0.316 e. The summed E-state index contributed by atoms with van der Waals surface area (Å²) in [5.74, 6) is -1.07. The Bertz CT molecular complexity index is 441. The van der Waals surface area contributed by atoms with E-state index in [0.29, 0.717) is 24.9 Å². The number of hydrogen-bond donors (Lipinski definition) is 1. The third-order valence-electron chi connectivity index (χ3n) is 3.42. The van der Waals surface area contributed by atoms with Gasteiger partial charge in [-0.15, -0.1) is 0 Å². The van der Waals surface area contributed by atoms with Crippen molar-refractivity contribution in [1.82, 2.24) is 5.32 Å². The molecule has 1 aliphatic carbocycles. The molecule has 0 amide bonds. The SMILES string of the molecule is N#CCC1(CNCCc2cc(F)cc(F)c2)CC1. The summed E-state index contributed by atoms with van der Waals surface area (Å²) in [5.41, 5.74) is 0.826. The van der Waals surface area contributed by atoms with Crippen LogP contribution in [0.15, 0.2) is 18.2 Å². The highest BCUT2D eigenvalue weighted by Gasteiger charge is 2.41. The van der Waals surface area contributed by atoms with E-state index in [9.17, 15) is 8.78 Å². The van der Waals surface area contributed by atoms with Crippen molar-refractivity contribution in [2.75, 3.05) is 13.1 Å². The summed E-state index contributed by atoms with van der Waals surface area (Å²) in [7, 11) is 0. The van der Waals surface area contributed by atoms with E-state index in [-0.39, 0.29) is 5.41 Å². The fourth-order valence-corrected chi connectivity index (χ4v) is 2.10. The first kappa shape index (κ1) is 13.0. The van der Waals surface area contributed by atoms with E-state index in [4.69, 9.17) is 5.26 Å². The molecule has 18 heavy (non-hydrogen) atoms. The number of rotatable bonds is 6. The van der Waals surface area contributed by atoms with Gasteiger partial charge < -0.3 is 5.32 Å². The maximum Gasteiger partial charge on any atom is 0.126 e.